The predicted molar refractivity (Wildman–Crippen MR) is 47.4 cm³/mol. The van der Waals surface area contributed by atoms with E-state index in [1.54, 1.807) is 0 Å². The van der Waals surface area contributed by atoms with Crippen molar-refractivity contribution in [2.45, 2.75) is 46.0 Å². The van der Waals surface area contributed by atoms with Gasteiger partial charge < -0.3 is 5.11 Å². The second-order valence-electron chi connectivity index (χ2n) is 4.49. The zero-order valence-corrected chi connectivity index (χ0v) is 7.77. The molecular formula is C10H20O. The molecule has 1 N–H and O–H groups in total. The molecule has 0 amide bonds. The van der Waals surface area contributed by atoms with Crippen LogP contribution in [0.1, 0.15) is 46.0 Å². The van der Waals surface area contributed by atoms with Gasteiger partial charge in [0, 0.05) is 6.61 Å². The van der Waals surface area contributed by atoms with E-state index in [2.05, 4.69) is 13.8 Å². The second kappa shape index (κ2) is 3.57. The Hall–Kier alpha value is -0.0400. The largest absolute Gasteiger partial charge is 0.396 e. The van der Waals surface area contributed by atoms with Crippen molar-refractivity contribution >= 4 is 0 Å². The van der Waals surface area contributed by atoms with Gasteiger partial charge in [0.05, 0.1) is 0 Å². The molecule has 1 rings (SSSR count). The lowest BCUT2D eigenvalue weighted by Gasteiger charge is -2.36. The molecule has 0 spiro atoms. The zero-order chi connectivity index (χ0) is 8.32. The molecule has 2 atom stereocenters. The van der Waals surface area contributed by atoms with Gasteiger partial charge in [-0.1, -0.05) is 26.7 Å². The van der Waals surface area contributed by atoms with Crippen LogP contribution >= 0.6 is 0 Å². The molecule has 0 bridgehead atoms. The number of hydrogen-bond acceptors (Lipinski definition) is 1. The molecule has 1 aliphatic carbocycles. The first-order valence-corrected chi connectivity index (χ1v) is 4.77. The van der Waals surface area contributed by atoms with Crippen LogP contribution in [0.3, 0.4) is 0 Å². The maximum Gasteiger partial charge on any atom is 0.0436 e. The van der Waals surface area contributed by atoms with Gasteiger partial charge in [-0.25, -0.2) is 0 Å². The summed E-state index contributed by atoms with van der Waals surface area (Å²) < 4.78 is 0. The van der Waals surface area contributed by atoms with Gasteiger partial charge >= 0.3 is 0 Å². The van der Waals surface area contributed by atoms with Gasteiger partial charge in [-0.2, -0.15) is 0 Å². The number of rotatable bonds is 2. The summed E-state index contributed by atoms with van der Waals surface area (Å²) in [5, 5.41) is 8.87. The first kappa shape index (κ1) is 9.05. The van der Waals surface area contributed by atoms with Crippen LogP contribution in [-0.2, 0) is 0 Å². The van der Waals surface area contributed by atoms with E-state index >= 15 is 0 Å². The van der Waals surface area contributed by atoms with E-state index in [-0.39, 0.29) is 0 Å². The third kappa shape index (κ3) is 2.48. The quantitative estimate of drug-likeness (QED) is 0.651. The zero-order valence-electron chi connectivity index (χ0n) is 7.77. The summed E-state index contributed by atoms with van der Waals surface area (Å²) in [6.45, 7) is 5.01. The Balaban J connectivity index is 2.41. The van der Waals surface area contributed by atoms with E-state index in [1.807, 2.05) is 0 Å². The van der Waals surface area contributed by atoms with Crippen LogP contribution in [0.25, 0.3) is 0 Å². The average Bonchev–Trinajstić information content (AvgIpc) is 1.86. The molecule has 66 valence electrons. The van der Waals surface area contributed by atoms with Crippen LogP contribution in [0, 0.1) is 11.3 Å². The smallest absolute Gasteiger partial charge is 0.0436 e. The number of hydrogen-bond donors (Lipinski definition) is 1. The third-order valence-electron chi connectivity index (χ3n) is 3.03. The van der Waals surface area contributed by atoms with Crippen LogP contribution in [0.5, 0.6) is 0 Å². The van der Waals surface area contributed by atoms with E-state index in [1.165, 1.54) is 25.7 Å². The third-order valence-corrected chi connectivity index (χ3v) is 3.03. The van der Waals surface area contributed by atoms with Gasteiger partial charge in [-0.15, -0.1) is 0 Å². The van der Waals surface area contributed by atoms with Gasteiger partial charge in [-0.3, -0.25) is 0 Å². The maximum absolute atomic E-state index is 8.87. The van der Waals surface area contributed by atoms with Gasteiger partial charge in [0.1, 0.15) is 0 Å². The van der Waals surface area contributed by atoms with Crippen molar-refractivity contribution in [3.05, 3.63) is 0 Å². The lowest BCUT2D eigenvalue weighted by atomic mass is 9.70. The Morgan fingerprint density at radius 1 is 1.55 bits per heavy atom. The van der Waals surface area contributed by atoms with E-state index in [0.717, 1.165) is 12.3 Å². The van der Waals surface area contributed by atoms with Crippen molar-refractivity contribution in [3.8, 4) is 0 Å². The van der Waals surface area contributed by atoms with Crippen LogP contribution in [0.15, 0.2) is 0 Å². The van der Waals surface area contributed by atoms with E-state index in [9.17, 15) is 0 Å². The molecular weight excluding hydrogens is 136 g/mol. The number of aliphatic hydroxyl groups is 1. The fourth-order valence-electron chi connectivity index (χ4n) is 2.42. The van der Waals surface area contributed by atoms with Gasteiger partial charge in [0.2, 0.25) is 0 Å². The molecule has 1 aliphatic rings. The van der Waals surface area contributed by atoms with Crippen molar-refractivity contribution in [1.29, 1.82) is 0 Å². The summed E-state index contributed by atoms with van der Waals surface area (Å²) in [4.78, 5) is 0. The molecule has 0 aromatic rings. The molecule has 2 unspecified atom stereocenters. The highest BCUT2D eigenvalue weighted by atomic mass is 16.3. The Morgan fingerprint density at radius 2 is 2.27 bits per heavy atom. The summed E-state index contributed by atoms with van der Waals surface area (Å²) in [5.74, 6) is 0.875. The first-order chi connectivity index (χ1) is 5.16. The number of aliphatic hydroxyl groups excluding tert-OH is 1. The molecule has 0 saturated heterocycles. The van der Waals surface area contributed by atoms with E-state index < -0.39 is 0 Å². The molecule has 0 aliphatic heterocycles. The van der Waals surface area contributed by atoms with Crippen LogP contribution in [0.4, 0.5) is 0 Å². The van der Waals surface area contributed by atoms with Crippen LogP contribution < -0.4 is 0 Å². The standard InChI is InChI=1S/C10H20O/c1-9-4-3-5-10(2,8-9)6-7-11/h9,11H,3-8H2,1-2H3. The molecule has 1 fully saturated rings. The second-order valence-corrected chi connectivity index (χ2v) is 4.49. The lowest BCUT2D eigenvalue weighted by Crippen LogP contribution is -2.25. The summed E-state index contributed by atoms with van der Waals surface area (Å²) >= 11 is 0. The Kier molecular flexibility index (Phi) is 2.94. The fraction of sp³-hybridized carbons (Fsp3) is 1.00. The van der Waals surface area contributed by atoms with Crippen molar-refractivity contribution in [3.63, 3.8) is 0 Å². The lowest BCUT2D eigenvalue weighted by molar-refractivity contribution is 0.120. The monoisotopic (exact) mass is 156 g/mol. The molecule has 11 heavy (non-hydrogen) atoms. The normalized spacial score (nSPS) is 39.0. The van der Waals surface area contributed by atoms with Crippen LogP contribution in [0.2, 0.25) is 0 Å². The van der Waals surface area contributed by atoms with E-state index in [4.69, 9.17) is 5.11 Å². The molecule has 0 aromatic heterocycles. The average molecular weight is 156 g/mol. The summed E-state index contributed by atoms with van der Waals surface area (Å²) in [5.41, 5.74) is 0.451. The SMILES string of the molecule is CC1CCCC(C)(CCO)C1. The summed E-state index contributed by atoms with van der Waals surface area (Å²) in [6, 6.07) is 0. The summed E-state index contributed by atoms with van der Waals surface area (Å²) in [6.07, 6.45) is 6.38. The topological polar surface area (TPSA) is 20.2 Å². The Bertz CT molecular complexity index is 118. The van der Waals surface area contributed by atoms with Crippen molar-refractivity contribution in [2.75, 3.05) is 6.61 Å². The minimum atomic E-state index is 0.364. The minimum Gasteiger partial charge on any atom is -0.396 e. The minimum absolute atomic E-state index is 0.364. The molecule has 0 aromatic carbocycles. The Labute approximate surface area is 69.8 Å². The van der Waals surface area contributed by atoms with Gasteiger partial charge in [0.25, 0.3) is 0 Å². The highest BCUT2D eigenvalue weighted by molar-refractivity contribution is 4.80. The van der Waals surface area contributed by atoms with Gasteiger partial charge in [0.15, 0.2) is 0 Å². The van der Waals surface area contributed by atoms with Crippen molar-refractivity contribution < 1.29 is 5.11 Å². The van der Waals surface area contributed by atoms with Gasteiger partial charge in [-0.05, 0) is 30.6 Å². The molecule has 0 radical (unpaired) electrons. The first-order valence-electron chi connectivity index (χ1n) is 4.77. The van der Waals surface area contributed by atoms with Crippen molar-refractivity contribution in [1.82, 2.24) is 0 Å². The Morgan fingerprint density at radius 3 is 2.82 bits per heavy atom. The fourth-order valence-corrected chi connectivity index (χ4v) is 2.42. The molecule has 1 saturated carbocycles. The van der Waals surface area contributed by atoms with Crippen LogP contribution in [-0.4, -0.2) is 11.7 Å². The highest BCUT2D eigenvalue weighted by Gasteiger charge is 2.29. The molecule has 0 heterocycles. The van der Waals surface area contributed by atoms with Crippen molar-refractivity contribution in [2.24, 2.45) is 11.3 Å². The highest BCUT2D eigenvalue weighted by Crippen LogP contribution is 2.41. The van der Waals surface area contributed by atoms with E-state index in [0.29, 0.717) is 12.0 Å². The molecule has 1 heteroatoms. The maximum atomic E-state index is 8.87. The summed E-state index contributed by atoms with van der Waals surface area (Å²) in [7, 11) is 0. The predicted octanol–water partition coefficient (Wildman–Crippen LogP) is 2.59. The molecule has 1 nitrogen and oxygen atoms in total.